The molecule has 2 rings (SSSR count). The third kappa shape index (κ3) is 5.00. The van der Waals surface area contributed by atoms with E-state index in [-0.39, 0.29) is 18.3 Å². The predicted octanol–water partition coefficient (Wildman–Crippen LogP) is 2.75. The predicted molar refractivity (Wildman–Crippen MR) is 87.8 cm³/mol. The second-order valence-electron chi connectivity index (χ2n) is 5.28. The summed E-state index contributed by atoms with van der Waals surface area (Å²) in [5.74, 6) is -0.632. The lowest BCUT2D eigenvalue weighted by molar-refractivity contribution is -0.136. The highest BCUT2D eigenvalue weighted by molar-refractivity contribution is 5.70. The standard InChI is InChI=1S/C18H21NO4/c1-19-10-9-16(14-5-3-2-4-6-14)23-17-8-7-13(11-15(17)20)12-18(21)22/h2-8,11,16,19-20H,9-10,12H2,1H3,(H,21,22). The number of aromatic hydroxyl groups is 1. The van der Waals surface area contributed by atoms with Crippen molar-refractivity contribution in [1.29, 1.82) is 0 Å². The molecule has 1 atom stereocenters. The minimum absolute atomic E-state index is 0.0471. The molecule has 0 aliphatic carbocycles. The molecule has 1 unspecified atom stereocenters. The zero-order chi connectivity index (χ0) is 16.7. The lowest BCUT2D eigenvalue weighted by Gasteiger charge is -2.20. The Morgan fingerprint density at radius 3 is 2.57 bits per heavy atom. The molecule has 5 heteroatoms. The number of nitrogens with one attached hydrogen (secondary N) is 1. The maximum absolute atomic E-state index is 10.7. The molecule has 0 amide bonds. The topological polar surface area (TPSA) is 78.8 Å². The van der Waals surface area contributed by atoms with Gasteiger partial charge in [0.1, 0.15) is 6.10 Å². The van der Waals surface area contributed by atoms with Crippen molar-refractivity contribution in [3.05, 3.63) is 59.7 Å². The van der Waals surface area contributed by atoms with Crippen LogP contribution in [-0.4, -0.2) is 29.8 Å². The molecule has 0 aromatic heterocycles. The summed E-state index contributed by atoms with van der Waals surface area (Å²) < 4.78 is 5.96. The van der Waals surface area contributed by atoms with Gasteiger partial charge in [-0.25, -0.2) is 0 Å². The van der Waals surface area contributed by atoms with Gasteiger partial charge >= 0.3 is 5.97 Å². The first-order chi connectivity index (χ1) is 11.1. The normalized spacial score (nSPS) is 11.9. The minimum atomic E-state index is -0.936. The summed E-state index contributed by atoms with van der Waals surface area (Å²) in [7, 11) is 1.88. The van der Waals surface area contributed by atoms with E-state index in [0.29, 0.717) is 11.3 Å². The average molecular weight is 315 g/mol. The Morgan fingerprint density at radius 2 is 1.96 bits per heavy atom. The molecule has 0 bridgehead atoms. The molecular weight excluding hydrogens is 294 g/mol. The Morgan fingerprint density at radius 1 is 1.22 bits per heavy atom. The number of carboxylic acids is 1. The van der Waals surface area contributed by atoms with Gasteiger partial charge in [0.25, 0.3) is 0 Å². The van der Waals surface area contributed by atoms with Gasteiger partial charge in [-0.15, -0.1) is 0 Å². The second-order valence-corrected chi connectivity index (χ2v) is 5.28. The van der Waals surface area contributed by atoms with Gasteiger partial charge in [0.15, 0.2) is 11.5 Å². The number of aliphatic carboxylic acids is 1. The van der Waals surface area contributed by atoms with Crippen molar-refractivity contribution in [3.8, 4) is 11.5 Å². The number of phenolic OH excluding ortho intramolecular Hbond substituents is 1. The maximum Gasteiger partial charge on any atom is 0.307 e. The monoisotopic (exact) mass is 315 g/mol. The van der Waals surface area contributed by atoms with Crippen molar-refractivity contribution in [2.75, 3.05) is 13.6 Å². The Labute approximate surface area is 135 Å². The van der Waals surface area contributed by atoms with Gasteiger partial charge in [-0.3, -0.25) is 4.79 Å². The molecule has 0 spiro atoms. The number of ether oxygens (including phenoxy) is 1. The van der Waals surface area contributed by atoms with Gasteiger partial charge in [-0.1, -0.05) is 36.4 Å². The molecule has 0 heterocycles. The maximum atomic E-state index is 10.7. The molecule has 0 saturated heterocycles. The van der Waals surface area contributed by atoms with E-state index < -0.39 is 5.97 Å². The largest absolute Gasteiger partial charge is 0.504 e. The molecule has 0 radical (unpaired) electrons. The number of carboxylic acid groups (broad SMARTS) is 1. The van der Waals surface area contributed by atoms with Crippen molar-refractivity contribution in [2.45, 2.75) is 18.9 Å². The molecule has 3 N–H and O–H groups in total. The van der Waals surface area contributed by atoms with Gasteiger partial charge in [-0.2, -0.15) is 0 Å². The Bertz CT molecular complexity index is 643. The molecular formula is C18H21NO4. The van der Waals surface area contributed by atoms with Crippen LogP contribution in [-0.2, 0) is 11.2 Å². The lowest BCUT2D eigenvalue weighted by atomic mass is 10.1. The van der Waals surface area contributed by atoms with Crippen LogP contribution >= 0.6 is 0 Å². The average Bonchev–Trinajstić information content (AvgIpc) is 2.53. The van der Waals surface area contributed by atoms with E-state index in [2.05, 4.69) is 5.32 Å². The summed E-state index contributed by atoms with van der Waals surface area (Å²) in [6.07, 6.45) is 0.423. The summed E-state index contributed by atoms with van der Waals surface area (Å²) in [6.45, 7) is 0.775. The molecule has 23 heavy (non-hydrogen) atoms. The fourth-order valence-corrected chi connectivity index (χ4v) is 2.34. The van der Waals surface area contributed by atoms with Crippen LogP contribution in [0.4, 0.5) is 0 Å². The van der Waals surface area contributed by atoms with E-state index in [1.54, 1.807) is 12.1 Å². The van der Waals surface area contributed by atoms with Crippen molar-refractivity contribution >= 4 is 5.97 Å². The van der Waals surface area contributed by atoms with Crippen LogP contribution in [0.1, 0.15) is 23.7 Å². The first-order valence-electron chi connectivity index (χ1n) is 7.50. The summed E-state index contributed by atoms with van der Waals surface area (Å²) in [6, 6.07) is 14.5. The molecule has 2 aromatic carbocycles. The van der Waals surface area contributed by atoms with Crippen LogP contribution in [0.25, 0.3) is 0 Å². The molecule has 5 nitrogen and oxygen atoms in total. The zero-order valence-corrected chi connectivity index (χ0v) is 13.0. The Kier molecular flexibility index (Phi) is 6.00. The van der Waals surface area contributed by atoms with Crippen LogP contribution < -0.4 is 10.1 Å². The van der Waals surface area contributed by atoms with E-state index in [9.17, 15) is 9.90 Å². The summed E-state index contributed by atoms with van der Waals surface area (Å²) >= 11 is 0. The van der Waals surface area contributed by atoms with Crippen molar-refractivity contribution in [1.82, 2.24) is 5.32 Å². The summed E-state index contributed by atoms with van der Waals surface area (Å²) in [4.78, 5) is 10.7. The van der Waals surface area contributed by atoms with E-state index in [4.69, 9.17) is 9.84 Å². The van der Waals surface area contributed by atoms with Crippen LogP contribution in [0.15, 0.2) is 48.5 Å². The number of hydrogen-bond acceptors (Lipinski definition) is 4. The zero-order valence-electron chi connectivity index (χ0n) is 13.0. The highest BCUT2D eigenvalue weighted by Crippen LogP contribution is 2.32. The molecule has 122 valence electrons. The SMILES string of the molecule is CNCCC(Oc1ccc(CC(=O)O)cc1O)c1ccccc1. The Balaban J connectivity index is 2.17. The first-order valence-corrected chi connectivity index (χ1v) is 7.50. The quantitative estimate of drug-likeness (QED) is 0.698. The van der Waals surface area contributed by atoms with E-state index in [1.165, 1.54) is 6.07 Å². The van der Waals surface area contributed by atoms with Gasteiger partial charge in [0.05, 0.1) is 6.42 Å². The minimum Gasteiger partial charge on any atom is -0.504 e. The van der Waals surface area contributed by atoms with Crippen LogP contribution in [0.5, 0.6) is 11.5 Å². The Hall–Kier alpha value is -2.53. The molecule has 0 aliphatic heterocycles. The molecule has 2 aromatic rings. The van der Waals surface area contributed by atoms with Crippen LogP contribution in [0.2, 0.25) is 0 Å². The number of hydrogen-bond donors (Lipinski definition) is 3. The van der Waals surface area contributed by atoms with Crippen molar-refractivity contribution in [3.63, 3.8) is 0 Å². The lowest BCUT2D eigenvalue weighted by Crippen LogP contribution is -2.16. The fraction of sp³-hybridized carbons (Fsp3) is 0.278. The first kappa shape index (κ1) is 16.8. The van der Waals surface area contributed by atoms with Crippen LogP contribution in [0, 0.1) is 0 Å². The smallest absolute Gasteiger partial charge is 0.307 e. The van der Waals surface area contributed by atoms with Gasteiger partial charge in [0.2, 0.25) is 0 Å². The van der Waals surface area contributed by atoms with Gasteiger partial charge in [-0.05, 0) is 36.9 Å². The highest BCUT2D eigenvalue weighted by atomic mass is 16.5. The van der Waals surface area contributed by atoms with Crippen LogP contribution in [0.3, 0.4) is 0 Å². The molecule has 0 fully saturated rings. The number of carbonyl (C=O) groups is 1. The van der Waals surface area contributed by atoms with E-state index in [0.717, 1.165) is 18.5 Å². The second kappa shape index (κ2) is 8.19. The van der Waals surface area contributed by atoms with Gasteiger partial charge < -0.3 is 20.3 Å². The number of rotatable bonds is 8. The number of phenols is 1. The summed E-state index contributed by atoms with van der Waals surface area (Å²) in [5.41, 5.74) is 1.56. The molecule has 0 saturated carbocycles. The number of benzene rings is 2. The van der Waals surface area contributed by atoms with E-state index in [1.807, 2.05) is 37.4 Å². The molecule has 0 aliphatic rings. The van der Waals surface area contributed by atoms with Crippen molar-refractivity contribution < 1.29 is 19.7 Å². The third-order valence-corrected chi connectivity index (χ3v) is 3.48. The van der Waals surface area contributed by atoms with Crippen molar-refractivity contribution in [2.24, 2.45) is 0 Å². The van der Waals surface area contributed by atoms with Gasteiger partial charge in [0, 0.05) is 6.42 Å². The van der Waals surface area contributed by atoms with E-state index >= 15 is 0 Å². The highest BCUT2D eigenvalue weighted by Gasteiger charge is 2.15. The third-order valence-electron chi connectivity index (χ3n) is 3.48. The summed E-state index contributed by atoms with van der Waals surface area (Å²) in [5, 5.41) is 22.0. The fourth-order valence-electron chi connectivity index (χ4n) is 2.34.